The number of hydrogen-bond acceptors (Lipinski definition) is 2. The van der Waals surface area contributed by atoms with Crippen LogP contribution in [-0.4, -0.2) is 11.8 Å². The number of aryl methyl sites for hydroxylation is 1. The van der Waals surface area contributed by atoms with E-state index in [0.717, 1.165) is 11.1 Å². The number of hydrogen-bond donors (Lipinski definition) is 2. The minimum absolute atomic E-state index is 0.278. The number of halogens is 1. The van der Waals surface area contributed by atoms with Crippen molar-refractivity contribution in [2.75, 3.05) is 5.32 Å². The van der Waals surface area contributed by atoms with Gasteiger partial charge in [-0.15, -0.1) is 0 Å². The Balaban J connectivity index is 1.63. The van der Waals surface area contributed by atoms with Gasteiger partial charge in [0.15, 0.2) is 0 Å². The molecule has 124 valence electrons. The highest BCUT2D eigenvalue weighted by Crippen LogP contribution is 2.46. The summed E-state index contributed by atoms with van der Waals surface area (Å²) in [5, 5.41) is 5.48. The van der Waals surface area contributed by atoms with Gasteiger partial charge in [-0.25, -0.2) is 4.39 Å². The van der Waals surface area contributed by atoms with Crippen molar-refractivity contribution in [1.29, 1.82) is 0 Å². The van der Waals surface area contributed by atoms with E-state index in [1.165, 1.54) is 18.2 Å². The fourth-order valence-corrected chi connectivity index (χ4v) is 2.65. The predicted octanol–water partition coefficient (Wildman–Crippen LogP) is 3.17. The molecular weight excluding hydrogens is 307 g/mol. The summed E-state index contributed by atoms with van der Waals surface area (Å²) in [6.45, 7) is 2.37. The Morgan fingerprint density at radius 3 is 2.50 bits per heavy atom. The molecule has 1 aliphatic rings. The Bertz CT molecular complexity index is 784. The average Bonchev–Trinajstić information content (AvgIpc) is 3.36. The van der Waals surface area contributed by atoms with Crippen molar-refractivity contribution in [3.8, 4) is 0 Å². The summed E-state index contributed by atoms with van der Waals surface area (Å²) in [6.07, 6.45) is 1.02. The quantitative estimate of drug-likeness (QED) is 0.829. The molecule has 0 heterocycles. The molecule has 0 aromatic heterocycles. The Morgan fingerprint density at radius 1 is 1.08 bits per heavy atom. The first-order valence-electron chi connectivity index (χ1n) is 7.91. The molecule has 0 radical (unpaired) electrons. The van der Waals surface area contributed by atoms with Crippen molar-refractivity contribution in [2.24, 2.45) is 5.41 Å². The maximum atomic E-state index is 13.2. The second-order valence-corrected chi connectivity index (χ2v) is 6.16. The summed E-state index contributed by atoms with van der Waals surface area (Å²) >= 11 is 0. The van der Waals surface area contributed by atoms with E-state index in [2.05, 4.69) is 10.6 Å². The highest BCUT2D eigenvalue weighted by Gasteiger charge is 2.56. The van der Waals surface area contributed by atoms with Crippen molar-refractivity contribution in [2.45, 2.75) is 26.3 Å². The van der Waals surface area contributed by atoms with Gasteiger partial charge in [-0.2, -0.15) is 0 Å². The lowest BCUT2D eigenvalue weighted by atomic mass is 10.0. The van der Waals surface area contributed by atoms with E-state index in [0.29, 0.717) is 25.1 Å². The maximum absolute atomic E-state index is 13.2. The average molecular weight is 326 g/mol. The highest BCUT2D eigenvalue weighted by molar-refractivity contribution is 6.13. The van der Waals surface area contributed by atoms with Gasteiger partial charge in [0.25, 0.3) is 0 Å². The summed E-state index contributed by atoms with van der Waals surface area (Å²) < 4.78 is 13.2. The first-order chi connectivity index (χ1) is 11.5. The van der Waals surface area contributed by atoms with Crippen LogP contribution in [0.5, 0.6) is 0 Å². The Labute approximate surface area is 140 Å². The van der Waals surface area contributed by atoms with Crippen LogP contribution in [0.4, 0.5) is 10.1 Å². The van der Waals surface area contributed by atoms with Crippen LogP contribution in [0.1, 0.15) is 24.0 Å². The zero-order valence-electron chi connectivity index (χ0n) is 13.4. The number of rotatable bonds is 5. The third-order valence-electron chi connectivity index (χ3n) is 4.40. The van der Waals surface area contributed by atoms with Crippen LogP contribution in [0.15, 0.2) is 48.5 Å². The lowest BCUT2D eigenvalue weighted by Gasteiger charge is -2.16. The molecule has 0 saturated heterocycles. The zero-order chi connectivity index (χ0) is 17.2. The molecule has 4 nitrogen and oxygen atoms in total. The third-order valence-corrected chi connectivity index (χ3v) is 4.40. The number of nitrogens with one attached hydrogen (secondary N) is 2. The standard InChI is InChI=1S/C19H19FN2O2/c1-13-5-2-3-6-14(13)12-21-17(23)19(9-10-19)18(24)22-16-8-4-7-15(20)11-16/h2-8,11H,9-10,12H2,1H3,(H,21,23)(H,22,24). The van der Waals surface area contributed by atoms with Crippen molar-refractivity contribution in [3.63, 3.8) is 0 Å². The van der Waals surface area contributed by atoms with Gasteiger partial charge in [0.2, 0.25) is 11.8 Å². The van der Waals surface area contributed by atoms with E-state index in [-0.39, 0.29) is 11.8 Å². The lowest BCUT2D eigenvalue weighted by molar-refractivity contribution is -0.134. The van der Waals surface area contributed by atoms with Crippen molar-refractivity contribution >= 4 is 17.5 Å². The van der Waals surface area contributed by atoms with E-state index >= 15 is 0 Å². The molecule has 1 aliphatic carbocycles. The van der Waals surface area contributed by atoms with Gasteiger partial charge in [0, 0.05) is 12.2 Å². The first kappa shape index (κ1) is 16.2. The lowest BCUT2D eigenvalue weighted by Crippen LogP contribution is -2.39. The molecule has 2 aromatic rings. The maximum Gasteiger partial charge on any atom is 0.240 e. The van der Waals surface area contributed by atoms with Crippen LogP contribution in [0.2, 0.25) is 0 Å². The highest BCUT2D eigenvalue weighted by atomic mass is 19.1. The van der Waals surface area contributed by atoms with E-state index in [4.69, 9.17) is 0 Å². The minimum atomic E-state index is -1.03. The van der Waals surface area contributed by atoms with Crippen LogP contribution in [-0.2, 0) is 16.1 Å². The fourth-order valence-electron chi connectivity index (χ4n) is 2.65. The first-order valence-corrected chi connectivity index (χ1v) is 7.91. The van der Waals surface area contributed by atoms with E-state index in [1.807, 2.05) is 31.2 Å². The number of carbonyl (C=O) groups excluding carboxylic acids is 2. The molecule has 24 heavy (non-hydrogen) atoms. The molecule has 1 fully saturated rings. The molecule has 0 atom stereocenters. The van der Waals surface area contributed by atoms with Gasteiger partial charge < -0.3 is 10.6 Å². The second-order valence-electron chi connectivity index (χ2n) is 6.16. The van der Waals surface area contributed by atoms with Gasteiger partial charge in [-0.3, -0.25) is 9.59 Å². The van der Waals surface area contributed by atoms with E-state index in [1.54, 1.807) is 6.07 Å². The number of amides is 2. The zero-order valence-corrected chi connectivity index (χ0v) is 13.4. The molecule has 2 amide bonds. The molecule has 0 bridgehead atoms. The van der Waals surface area contributed by atoms with E-state index < -0.39 is 11.2 Å². The van der Waals surface area contributed by atoms with Gasteiger partial charge in [-0.05, 0) is 49.1 Å². The van der Waals surface area contributed by atoms with Crippen LogP contribution in [0.25, 0.3) is 0 Å². The van der Waals surface area contributed by atoms with E-state index in [9.17, 15) is 14.0 Å². The van der Waals surface area contributed by atoms with Gasteiger partial charge in [-0.1, -0.05) is 30.3 Å². The summed E-state index contributed by atoms with van der Waals surface area (Å²) in [4.78, 5) is 24.9. The summed E-state index contributed by atoms with van der Waals surface area (Å²) in [7, 11) is 0. The molecule has 0 spiro atoms. The minimum Gasteiger partial charge on any atom is -0.351 e. The summed E-state index contributed by atoms with van der Waals surface area (Å²) in [6, 6.07) is 13.4. The fraction of sp³-hybridized carbons (Fsp3) is 0.263. The van der Waals surface area contributed by atoms with Crippen molar-refractivity contribution < 1.29 is 14.0 Å². The van der Waals surface area contributed by atoms with Crippen LogP contribution < -0.4 is 10.6 Å². The number of benzene rings is 2. The normalized spacial score (nSPS) is 14.8. The molecular formula is C19H19FN2O2. The molecule has 2 aromatic carbocycles. The molecule has 5 heteroatoms. The number of carbonyl (C=O) groups is 2. The largest absolute Gasteiger partial charge is 0.351 e. The molecule has 1 saturated carbocycles. The molecule has 2 N–H and O–H groups in total. The Morgan fingerprint density at radius 2 is 1.83 bits per heavy atom. The van der Waals surface area contributed by atoms with Crippen LogP contribution >= 0.6 is 0 Å². The van der Waals surface area contributed by atoms with Gasteiger partial charge in [0.1, 0.15) is 11.2 Å². The van der Waals surface area contributed by atoms with Gasteiger partial charge >= 0.3 is 0 Å². The smallest absolute Gasteiger partial charge is 0.240 e. The topological polar surface area (TPSA) is 58.2 Å². The molecule has 0 aliphatic heterocycles. The second kappa shape index (κ2) is 6.43. The summed E-state index contributed by atoms with van der Waals surface area (Å²) in [5.41, 5.74) is 1.44. The molecule has 3 rings (SSSR count). The monoisotopic (exact) mass is 326 g/mol. The molecule has 0 unspecified atom stereocenters. The van der Waals surface area contributed by atoms with Crippen molar-refractivity contribution in [3.05, 3.63) is 65.5 Å². The SMILES string of the molecule is Cc1ccccc1CNC(=O)C1(C(=O)Nc2cccc(F)c2)CC1. The third kappa shape index (κ3) is 3.30. The van der Waals surface area contributed by atoms with Crippen LogP contribution in [0.3, 0.4) is 0 Å². The summed E-state index contributed by atoms with van der Waals surface area (Å²) in [5.74, 6) is -1.09. The van der Waals surface area contributed by atoms with Gasteiger partial charge in [0.05, 0.1) is 0 Å². The van der Waals surface area contributed by atoms with Crippen molar-refractivity contribution in [1.82, 2.24) is 5.32 Å². The van der Waals surface area contributed by atoms with Crippen LogP contribution in [0, 0.1) is 18.2 Å². The predicted molar refractivity (Wildman–Crippen MR) is 89.7 cm³/mol. The Hall–Kier alpha value is -2.69. The number of anilines is 1. The Kier molecular flexibility index (Phi) is 4.34.